The summed E-state index contributed by atoms with van der Waals surface area (Å²) < 4.78 is 1.04. The number of carbonyl (C=O) groups is 1. The number of halogens is 1. The lowest BCUT2D eigenvalue weighted by Gasteiger charge is -2.12. The highest BCUT2D eigenvalue weighted by Gasteiger charge is 2.51. The van der Waals surface area contributed by atoms with E-state index in [2.05, 4.69) is 36.1 Å². The van der Waals surface area contributed by atoms with Gasteiger partial charge in [-0.05, 0) is 52.5 Å². The van der Waals surface area contributed by atoms with Gasteiger partial charge in [-0.1, -0.05) is 31.2 Å². The zero-order valence-electron chi connectivity index (χ0n) is 11.1. The number of carbonyl (C=O) groups excluding carboxylic acids is 1. The smallest absolute Gasteiger partial charge is 0.136 e. The molecule has 1 aromatic carbocycles. The maximum atomic E-state index is 12.0. The summed E-state index contributed by atoms with van der Waals surface area (Å²) in [5.41, 5.74) is 0.918. The molecule has 1 fully saturated rings. The summed E-state index contributed by atoms with van der Waals surface area (Å²) in [5.74, 6) is 0.374. The van der Waals surface area contributed by atoms with Crippen LogP contribution >= 0.6 is 22.6 Å². The van der Waals surface area contributed by atoms with Crippen LogP contribution in [0.5, 0.6) is 0 Å². The summed E-state index contributed by atoms with van der Waals surface area (Å²) in [4.78, 5) is 12.0. The van der Waals surface area contributed by atoms with E-state index in [0.717, 1.165) is 15.6 Å². The molecule has 1 saturated carbocycles. The van der Waals surface area contributed by atoms with Crippen LogP contribution in [-0.2, 0) is 4.79 Å². The maximum Gasteiger partial charge on any atom is 0.136 e. The lowest BCUT2D eigenvalue weighted by atomic mass is 9.98. The van der Waals surface area contributed by atoms with Gasteiger partial charge in [-0.15, -0.1) is 6.58 Å². The van der Waals surface area contributed by atoms with Crippen molar-refractivity contribution in [2.24, 2.45) is 11.3 Å². The second-order valence-corrected chi connectivity index (χ2v) is 6.67. The molecule has 2 rings (SSSR count). The van der Waals surface area contributed by atoms with E-state index in [1.165, 1.54) is 0 Å². The van der Waals surface area contributed by atoms with Crippen LogP contribution in [0.3, 0.4) is 0 Å². The Labute approximate surface area is 128 Å². The molecule has 0 aliphatic heterocycles. The zero-order chi connectivity index (χ0) is 14.0. The number of aliphatic hydroxyl groups excluding tert-OH is 1. The van der Waals surface area contributed by atoms with Crippen molar-refractivity contribution in [3.05, 3.63) is 46.1 Å². The number of allylic oxidation sites excluding steroid dienone is 1. The minimum absolute atomic E-state index is 0.00318. The third-order valence-corrected chi connectivity index (χ3v) is 5.05. The molecule has 0 spiro atoms. The number of hydrogen-bond donors (Lipinski definition) is 1. The molecule has 0 amide bonds. The van der Waals surface area contributed by atoms with Crippen molar-refractivity contribution >= 4 is 28.4 Å². The lowest BCUT2D eigenvalue weighted by molar-refractivity contribution is -0.121. The first-order valence-corrected chi connectivity index (χ1v) is 7.64. The number of aliphatic hydroxyl groups is 1. The molecule has 19 heavy (non-hydrogen) atoms. The molecule has 1 unspecified atom stereocenters. The van der Waals surface area contributed by atoms with Gasteiger partial charge in [0.05, 0.1) is 6.10 Å². The Morgan fingerprint density at radius 3 is 2.89 bits per heavy atom. The molecule has 0 bridgehead atoms. The monoisotopic (exact) mass is 370 g/mol. The molecule has 1 aromatic rings. The highest BCUT2D eigenvalue weighted by Crippen LogP contribution is 2.54. The largest absolute Gasteiger partial charge is 0.388 e. The molecule has 0 aromatic heterocycles. The fourth-order valence-corrected chi connectivity index (χ4v) is 3.19. The molecule has 3 heteroatoms. The van der Waals surface area contributed by atoms with Crippen LogP contribution in [-0.4, -0.2) is 10.9 Å². The van der Waals surface area contributed by atoms with E-state index in [0.29, 0.717) is 12.8 Å². The number of benzene rings is 1. The predicted octanol–water partition coefficient (Wildman–Crippen LogP) is 3.89. The van der Waals surface area contributed by atoms with E-state index in [1.54, 1.807) is 0 Å². The average Bonchev–Trinajstić information content (AvgIpc) is 3.09. The van der Waals surface area contributed by atoms with Crippen molar-refractivity contribution < 1.29 is 9.90 Å². The van der Waals surface area contributed by atoms with Crippen LogP contribution in [0, 0.1) is 14.9 Å². The van der Waals surface area contributed by atoms with Crippen molar-refractivity contribution in [1.29, 1.82) is 0 Å². The van der Waals surface area contributed by atoms with Gasteiger partial charge in [-0.2, -0.15) is 0 Å². The third-order valence-electron chi connectivity index (χ3n) is 4.06. The van der Waals surface area contributed by atoms with Crippen LogP contribution in [0.2, 0.25) is 0 Å². The molecule has 1 aliphatic carbocycles. The van der Waals surface area contributed by atoms with Crippen LogP contribution in [0.1, 0.15) is 37.9 Å². The van der Waals surface area contributed by atoms with Gasteiger partial charge < -0.3 is 5.11 Å². The molecule has 1 N–H and O–H groups in total. The summed E-state index contributed by atoms with van der Waals surface area (Å²) in [6, 6.07) is 7.75. The quantitative estimate of drug-likeness (QED) is 0.610. The summed E-state index contributed by atoms with van der Waals surface area (Å²) >= 11 is 2.21. The number of Topliss-reactive ketones (excluding diaryl/α,β-unsaturated/α-hetero) is 1. The second-order valence-electron chi connectivity index (χ2n) is 5.51. The summed E-state index contributed by atoms with van der Waals surface area (Å²) in [7, 11) is 0. The summed E-state index contributed by atoms with van der Waals surface area (Å²) in [5, 5.41) is 10.2. The number of hydrogen-bond acceptors (Lipinski definition) is 2. The molecule has 0 heterocycles. The van der Waals surface area contributed by atoms with Crippen molar-refractivity contribution in [3.8, 4) is 0 Å². The van der Waals surface area contributed by atoms with Gasteiger partial charge >= 0.3 is 0 Å². The topological polar surface area (TPSA) is 37.3 Å². The van der Waals surface area contributed by atoms with Crippen LogP contribution in [0.15, 0.2) is 36.9 Å². The Hall–Kier alpha value is -0.680. The van der Waals surface area contributed by atoms with Crippen molar-refractivity contribution in [2.45, 2.75) is 32.3 Å². The molecule has 102 valence electrons. The first-order chi connectivity index (χ1) is 8.98. The van der Waals surface area contributed by atoms with E-state index in [1.807, 2.05) is 30.3 Å². The third kappa shape index (κ3) is 3.26. The second kappa shape index (κ2) is 5.75. The van der Waals surface area contributed by atoms with Crippen LogP contribution < -0.4 is 0 Å². The van der Waals surface area contributed by atoms with E-state index in [4.69, 9.17) is 0 Å². The standard InChI is InChI=1S/C16H19IO2/c1-3-16(2)10-12(16)15(19)9-8-14(18)11-6-4-5-7-13(11)17/h3-7,12,14,18H,1,8-10H2,2H3/t12-,14?,16+/m1/s1. The van der Waals surface area contributed by atoms with E-state index in [-0.39, 0.29) is 17.1 Å². The van der Waals surface area contributed by atoms with Gasteiger partial charge in [0, 0.05) is 15.9 Å². The van der Waals surface area contributed by atoms with Gasteiger partial charge in [0.15, 0.2) is 0 Å². The minimum atomic E-state index is -0.550. The highest BCUT2D eigenvalue weighted by molar-refractivity contribution is 14.1. The normalized spacial score (nSPS) is 26.8. The fraction of sp³-hybridized carbons (Fsp3) is 0.438. The van der Waals surface area contributed by atoms with Crippen LogP contribution in [0.25, 0.3) is 0 Å². The highest BCUT2D eigenvalue weighted by atomic mass is 127. The maximum absolute atomic E-state index is 12.0. The van der Waals surface area contributed by atoms with Crippen molar-refractivity contribution in [2.75, 3.05) is 0 Å². The first-order valence-electron chi connectivity index (χ1n) is 6.57. The first kappa shape index (κ1) is 14.7. The minimum Gasteiger partial charge on any atom is -0.388 e. The molecule has 0 radical (unpaired) electrons. The van der Waals surface area contributed by atoms with Gasteiger partial charge in [0.25, 0.3) is 0 Å². The van der Waals surface area contributed by atoms with E-state index in [9.17, 15) is 9.90 Å². The Morgan fingerprint density at radius 2 is 2.32 bits per heavy atom. The van der Waals surface area contributed by atoms with Gasteiger partial charge in [-0.25, -0.2) is 0 Å². The van der Waals surface area contributed by atoms with Crippen molar-refractivity contribution in [3.63, 3.8) is 0 Å². The van der Waals surface area contributed by atoms with Crippen LogP contribution in [0.4, 0.5) is 0 Å². The van der Waals surface area contributed by atoms with E-state index >= 15 is 0 Å². The number of ketones is 1. The lowest BCUT2D eigenvalue weighted by Crippen LogP contribution is -2.09. The molecule has 0 saturated heterocycles. The molecule has 2 nitrogen and oxygen atoms in total. The molecular formula is C16H19IO2. The number of rotatable bonds is 6. The molecule has 1 aliphatic rings. The average molecular weight is 370 g/mol. The van der Waals surface area contributed by atoms with E-state index < -0.39 is 6.10 Å². The predicted molar refractivity (Wildman–Crippen MR) is 84.8 cm³/mol. The van der Waals surface area contributed by atoms with Gasteiger partial charge in [0.1, 0.15) is 5.78 Å². The Bertz CT molecular complexity index is 497. The Kier molecular flexibility index (Phi) is 4.46. The Balaban J connectivity index is 1.88. The zero-order valence-corrected chi connectivity index (χ0v) is 13.3. The van der Waals surface area contributed by atoms with Crippen molar-refractivity contribution in [1.82, 2.24) is 0 Å². The van der Waals surface area contributed by atoms with Gasteiger partial charge in [0.2, 0.25) is 0 Å². The van der Waals surface area contributed by atoms with Gasteiger partial charge in [-0.3, -0.25) is 4.79 Å². The fourth-order valence-electron chi connectivity index (χ4n) is 2.44. The summed E-state index contributed by atoms with van der Waals surface area (Å²) in [6.45, 7) is 5.85. The molecule has 3 atom stereocenters. The Morgan fingerprint density at radius 1 is 1.63 bits per heavy atom. The SMILES string of the molecule is C=C[C@@]1(C)C[C@@H]1C(=O)CCC(O)c1ccccc1I. The summed E-state index contributed by atoms with van der Waals surface area (Å²) in [6.07, 6.45) is 3.19. The molecular weight excluding hydrogens is 351 g/mol.